The fourth-order valence-corrected chi connectivity index (χ4v) is 2.56. The number of benzene rings is 1. The van der Waals surface area contributed by atoms with Crippen molar-refractivity contribution in [2.75, 3.05) is 5.32 Å². The number of pyridine rings is 1. The number of carbonyl (C=O) groups is 1. The number of rotatable bonds is 7. The lowest BCUT2D eigenvalue weighted by Crippen LogP contribution is -2.23. The van der Waals surface area contributed by atoms with Crippen LogP contribution in [0.4, 0.5) is 5.69 Å². The third kappa shape index (κ3) is 4.83. The molecule has 0 atom stereocenters. The Morgan fingerprint density at radius 3 is 2.70 bits per heavy atom. The molecule has 0 fully saturated rings. The predicted octanol–water partition coefficient (Wildman–Crippen LogP) is 1.29. The summed E-state index contributed by atoms with van der Waals surface area (Å²) < 4.78 is 8.67. The summed E-state index contributed by atoms with van der Waals surface area (Å²) in [5.41, 5.74) is 1.46. The smallest absolute Gasteiger partial charge is 0.244 e. The Bertz CT molecular complexity index is 979. The van der Waals surface area contributed by atoms with Crippen LogP contribution in [0.2, 0.25) is 0 Å². The Labute approximate surface area is 155 Å². The maximum absolute atomic E-state index is 12.3. The fraction of sp³-hybridized carbons (Fsp3) is 0.211. The van der Waals surface area contributed by atoms with Crippen LogP contribution in [-0.4, -0.2) is 25.4 Å². The highest BCUT2D eigenvalue weighted by Gasteiger charge is 2.11. The quantitative estimate of drug-likeness (QED) is 0.655. The molecule has 1 aromatic carbocycles. The van der Waals surface area contributed by atoms with Gasteiger partial charge in [0.15, 0.2) is 5.75 Å². The van der Waals surface area contributed by atoms with Crippen molar-refractivity contribution >= 4 is 11.6 Å². The molecule has 0 radical (unpaired) electrons. The summed E-state index contributed by atoms with van der Waals surface area (Å²) in [5.74, 6) is -0.194. The summed E-state index contributed by atoms with van der Waals surface area (Å²) >= 11 is 0. The second-order valence-electron chi connectivity index (χ2n) is 6.00. The molecule has 0 aliphatic heterocycles. The number of aliphatic hydroxyl groups excluding tert-OH is 1. The van der Waals surface area contributed by atoms with Gasteiger partial charge in [0.1, 0.15) is 13.2 Å². The van der Waals surface area contributed by atoms with Crippen molar-refractivity contribution in [1.82, 2.24) is 14.3 Å². The van der Waals surface area contributed by atoms with Gasteiger partial charge in [0.2, 0.25) is 11.3 Å². The molecule has 27 heavy (non-hydrogen) atoms. The molecule has 2 aromatic heterocycles. The minimum Gasteiger partial charge on any atom is -0.483 e. The average Bonchev–Trinajstić information content (AvgIpc) is 3.07. The van der Waals surface area contributed by atoms with Crippen LogP contribution in [0.15, 0.2) is 59.8 Å². The van der Waals surface area contributed by atoms with E-state index in [0.717, 1.165) is 5.56 Å². The number of aliphatic hydroxyl groups is 1. The van der Waals surface area contributed by atoms with E-state index < -0.39 is 0 Å². The fourth-order valence-electron chi connectivity index (χ4n) is 2.56. The van der Waals surface area contributed by atoms with E-state index in [1.165, 1.54) is 23.0 Å². The van der Waals surface area contributed by atoms with Gasteiger partial charge < -0.3 is 19.7 Å². The van der Waals surface area contributed by atoms with Crippen molar-refractivity contribution < 1.29 is 14.6 Å². The number of aromatic nitrogens is 3. The van der Waals surface area contributed by atoms with Gasteiger partial charge in [-0.15, -0.1) is 0 Å². The molecule has 8 nitrogen and oxygen atoms in total. The molecule has 0 saturated heterocycles. The number of ether oxygens (including phenoxy) is 1. The second kappa shape index (κ2) is 8.33. The highest BCUT2D eigenvalue weighted by molar-refractivity contribution is 5.90. The molecule has 0 spiro atoms. The SMILES string of the molecule is Cn1cc(NC(=O)Cn2cc(OCc3ccccc3)c(=O)cc2CO)cn1. The molecule has 3 aromatic rings. The molecule has 0 unspecified atom stereocenters. The highest BCUT2D eigenvalue weighted by Crippen LogP contribution is 2.11. The topological polar surface area (TPSA) is 98.4 Å². The molecule has 3 rings (SSSR count). The van der Waals surface area contributed by atoms with Gasteiger partial charge in [0, 0.05) is 25.0 Å². The van der Waals surface area contributed by atoms with Crippen LogP contribution < -0.4 is 15.5 Å². The van der Waals surface area contributed by atoms with Crippen LogP contribution in [-0.2, 0) is 31.6 Å². The number of carbonyl (C=O) groups excluding carboxylic acids is 1. The summed E-state index contributed by atoms with van der Waals surface area (Å²) in [5, 5.41) is 16.2. The summed E-state index contributed by atoms with van der Waals surface area (Å²) in [4.78, 5) is 24.5. The van der Waals surface area contributed by atoms with Crippen molar-refractivity contribution in [1.29, 1.82) is 0 Å². The molecule has 1 amide bonds. The number of nitrogens with one attached hydrogen (secondary N) is 1. The Kier molecular flexibility index (Phi) is 5.68. The van der Waals surface area contributed by atoms with E-state index in [-0.39, 0.29) is 36.8 Å². The summed E-state index contributed by atoms with van der Waals surface area (Å²) in [6, 6.07) is 10.7. The molecule has 8 heteroatoms. The third-order valence-electron chi connectivity index (χ3n) is 3.88. The largest absolute Gasteiger partial charge is 0.483 e. The van der Waals surface area contributed by atoms with E-state index in [9.17, 15) is 14.7 Å². The molecule has 2 heterocycles. The average molecular weight is 368 g/mol. The van der Waals surface area contributed by atoms with Crippen LogP contribution in [0.25, 0.3) is 0 Å². The summed E-state index contributed by atoms with van der Waals surface area (Å²) in [6.07, 6.45) is 4.65. The molecule has 0 aliphatic carbocycles. The van der Waals surface area contributed by atoms with E-state index in [1.54, 1.807) is 17.9 Å². The Balaban J connectivity index is 1.74. The maximum Gasteiger partial charge on any atom is 0.244 e. The Morgan fingerprint density at radius 2 is 2.04 bits per heavy atom. The lowest BCUT2D eigenvalue weighted by Gasteiger charge is -2.14. The summed E-state index contributed by atoms with van der Waals surface area (Å²) in [6.45, 7) is -0.211. The van der Waals surface area contributed by atoms with Crippen molar-refractivity contribution in [3.8, 4) is 5.75 Å². The van der Waals surface area contributed by atoms with Crippen molar-refractivity contribution in [3.05, 3.63) is 76.5 Å². The van der Waals surface area contributed by atoms with E-state index in [1.807, 2.05) is 30.3 Å². The zero-order chi connectivity index (χ0) is 19.2. The van der Waals surface area contributed by atoms with Gasteiger partial charge in [-0.2, -0.15) is 5.10 Å². The zero-order valence-electron chi connectivity index (χ0n) is 14.8. The first-order valence-corrected chi connectivity index (χ1v) is 8.34. The highest BCUT2D eigenvalue weighted by atomic mass is 16.5. The molecule has 0 bridgehead atoms. The van der Waals surface area contributed by atoms with E-state index in [2.05, 4.69) is 10.4 Å². The van der Waals surface area contributed by atoms with Gasteiger partial charge in [0.05, 0.1) is 24.7 Å². The monoisotopic (exact) mass is 368 g/mol. The number of anilines is 1. The molecular formula is C19H20N4O4. The Hall–Kier alpha value is -3.39. The van der Waals surface area contributed by atoms with E-state index in [4.69, 9.17) is 4.74 Å². The molecular weight excluding hydrogens is 348 g/mol. The zero-order valence-corrected chi connectivity index (χ0v) is 14.8. The van der Waals surface area contributed by atoms with Gasteiger partial charge in [-0.05, 0) is 5.56 Å². The third-order valence-corrected chi connectivity index (χ3v) is 3.88. The Morgan fingerprint density at radius 1 is 1.26 bits per heavy atom. The molecule has 0 aliphatic rings. The second-order valence-corrected chi connectivity index (χ2v) is 6.00. The number of hydrogen-bond acceptors (Lipinski definition) is 5. The minimum atomic E-state index is -0.367. The summed E-state index contributed by atoms with van der Waals surface area (Å²) in [7, 11) is 1.75. The first kappa shape index (κ1) is 18.4. The van der Waals surface area contributed by atoms with E-state index in [0.29, 0.717) is 11.4 Å². The number of aryl methyl sites for hydroxylation is 1. The number of hydrogen-bond donors (Lipinski definition) is 2. The first-order chi connectivity index (χ1) is 13.0. The van der Waals surface area contributed by atoms with Gasteiger partial charge in [0.25, 0.3) is 0 Å². The van der Waals surface area contributed by atoms with Gasteiger partial charge in [-0.25, -0.2) is 0 Å². The van der Waals surface area contributed by atoms with E-state index >= 15 is 0 Å². The number of amides is 1. The van der Waals surface area contributed by atoms with Crippen molar-refractivity contribution in [2.24, 2.45) is 7.05 Å². The predicted molar refractivity (Wildman–Crippen MR) is 99.2 cm³/mol. The molecule has 0 saturated carbocycles. The van der Waals surface area contributed by atoms with Crippen LogP contribution in [0.3, 0.4) is 0 Å². The first-order valence-electron chi connectivity index (χ1n) is 8.34. The van der Waals surface area contributed by atoms with Gasteiger partial charge in [-0.3, -0.25) is 14.3 Å². The normalized spacial score (nSPS) is 10.6. The standard InChI is InChI=1S/C19H20N4O4/c1-22-9-15(8-20-22)21-19(26)11-23-10-18(17(25)7-16(23)12-24)27-13-14-5-3-2-4-6-14/h2-10,24H,11-13H2,1H3,(H,21,26). The maximum atomic E-state index is 12.3. The minimum absolute atomic E-state index is 0.0766. The van der Waals surface area contributed by atoms with Crippen LogP contribution in [0.5, 0.6) is 5.75 Å². The van der Waals surface area contributed by atoms with Crippen LogP contribution >= 0.6 is 0 Å². The van der Waals surface area contributed by atoms with Crippen molar-refractivity contribution in [2.45, 2.75) is 19.8 Å². The van der Waals surface area contributed by atoms with Crippen LogP contribution in [0.1, 0.15) is 11.3 Å². The van der Waals surface area contributed by atoms with Crippen LogP contribution in [0, 0.1) is 0 Å². The van der Waals surface area contributed by atoms with Gasteiger partial charge in [-0.1, -0.05) is 30.3 Å². The molecule has 140 valence electrons. The lowest BCUT2D eigenvalue weighted by atomic mass is 10.2. The number of nitrogens with zero attached hydrogens (tertiary/aromatic N) is 3. The van der Waals surface area contributed by atoms with Crippen molar-refractivity contribution in [3.63, 3.8) is 0 Å². The lowest BCUT2D eigenvalue weighted by molar-refractivity contribution is -0.116. The molecule has 2 N–H and O–H groups in total. The van der Waals surface area contributed by atoms with Gasteiger partial charge >= 0.3 is 0 Å².